The van der Waals surface area contributed by atoms with Crippen LogP contribution in [0.1, 0.15) is 16.7 Å². The highest BCUT2D eigenvalue weighted by atomic mass is 79.9. The van der Waals surface area contributed by atoms with Crippen LogP contribution in [-0.4, -0.2) is 17.7 Å². The molecule has 106 valence electrons. The molecule has 1 aliphatic rings. The van der Waals surface area contributed by atoms with Crippen molar-refractivity contribution < 1.29 is 4.79 Å². The molecular formula is C16H12BrClN2O. The third kappa shape index (κ3) is 2.79. The monoisotopic (exact) mass is 362 g/mol. The minimum atomic E-state index is -0.838. The van der Waals surface area contributed by atoms with Crippen LogP contribution in [-0.2, 0) is 11.2 Å². The molecule has 3 rings (SSSR count). The topological polar surface area (TPSA) is 55.4 Å². The van der Waals surface area contributed by atoms with E-state index in [2.05, 4.69) is 20.9 Å². The number of carbonyl (C=O) groups excluding carboxylic acids is 1. The number of hydrogen-bond donors (Lipinski definition) is 1. The summed E-state index contributed by atoms with van der Waals surface area (Å²) in [6, 6.07) is 13.2. The summed E-state index contributed by atoms with van der Waals surface area (Å²) in [5, 5.41) is 0.655. The van der Waals surface area contributed by atoms with Crippen molar-refractivity contribution in [3.63, 3.8) is 0 Å². The molecule has 2 aromatic carbocycles. The Morgan fingerprint density at radius 1 is 1.19 bits per heavy atom. The molecule has 3 nitrogen and oxygen atoms in total. The lowest BCUT2D eigenvalue weighted by molar-refractivity contribution is -0.119. The second-order valence-electron chi connectivity index (χ2n) is 4.84. The van der Waals surface area contributed by atoms with Crippen LogP contribution in [0.2, 0.25) is 5.02 Å². The molecule has 0 amide bonds. The van der Waals surface area contributed by atoms with E-state index in [0.29, 0.717) is 5.02 Å². The molecule has 0 aliphatic carbocycles. The molecule has 0 saturated carbocycles. The van der Waals surface area contributed by atoms with Gasteiger partial charge in [-0.25, -0.2) is 0 Å². The van der Waals surface area contributed by atoms with Gasteiger partial charge in [-0.1, -0.05) is 51.8 Å². The van der Waals surface area contributed by atoms with Gasteiger partial charge in [-0.2, -0.15) is 0 Å². The number of nitrogens with two attached hydrogens (primary N) is 1. The Morgan fingerprint density at radius 3 is 2.62 bits per heavy atom. The first-order valence-electron chi connectivity index (χ1n) is 6.46. The first-order valence-corrected chi connectivity index (χ1v) is 7.63. The fourth-order valence-electron chi connectivity index (χ4n) is 2.36. The Balaban J connectivity index is 2.22. The second kappa shape index (κ2) is 5.72. The lowest BCUT2D eigenvalue weighted by Crippen LogP contribution is -2.29. The minimum absolute atomic E-state index is 0.0906. The molecule has 0 radical (unpaired) electrons. The van der Waals surface area contributed by atoms with Gasteiger partial charge in [0.25, 0.3) is 0 Å². The zero-order valence-corrected chi connectivity index (χ0v) is 13.4. The minimum Gasteiger partial charge on any atom is -0.303 e. The summed E-state index contributed by atoms with van der Waals surface area (Å²) < 4.78 is 0.893. The van der Waals surface area contributed by atoms with Gasteiger partial charge in [0, 0.05) is 27.0 Å². The van der Waals surface area contributed by atoms with Crippen LogP contribution >= 0.6 is 27.5 Å². The average Bonchev–Trinajstić information content (AvgIpc) is 2.59. The summed E-state index contributed by atoms with van der Waals surface area (Å²) in [7, 11) is 0. The molecule has 2 aromatic rings. The second-order valence-corrected chi connectivity index (χ2v) is 6.13. The Labute approximate surface area is 136 Å². The van der Waals surface area contributed by atoms with Gasteiger partial charge in [-0.15, -0.1) is 0 Å². The standard InChI is InChI=1S/C16H12BrClN2O/c17-13-3-1-2-11-12(13)8-14(21)16(19)20-15(11)9-4-6-10(18)7-5-9/h1-7,16H,8,19H2. The number of carbonyl (C=O) groups is 1. The fourth-order valence-corrected chi connectivity index (χ4v) is 2.99. The number of hydrogen-bond acceptors (Lipinski definition) is 3. The van der Waals surface area contributed by atoms with E-state index in [1.165, 1.54) is 0 Å². The lowest BCUT2D eigenvalue weighted by atomic mass is 9.96. The van der Waals surface area contributed by atoms with Crippen LogP contribution in [0.15, 0.2) is 51.9 Å². The largest absolute Gasteiger partial charge is 0.303 e. The summed E-state index contributed by atoms with van der Waals surface area (Å²) in [6.07, 6.45) is -0.562. The first kappa shape index (κ1) is 14.4. The van der Waals surface area contributed by atoms with Gasteiger partial charge in [0.05, 0.1) is 5.71 Å². The highest BCUT2D eigenvalue weighted by Crippen LogP contribution is 2.27. The Hall–Kier alpha value is -1.49. The quantitative estimate of drug-likeness (QED) is 0.845. The van der Waals surface area contributed by atoms with E-state index >= 15 is 0 Å². The molecule has 1 unspecified atom stereocenters. The molecule has 5 heteroatoms. The van der Waals surface area contributed by atoms with E-state index in [1.54, 1.807) is 12.1 Å². The third-order valence-corrected chi connectivity index (χ3v) is 4.44. The van der Waals surface area contributed by atoms with Crippen molar-refractivity contribution in [1.82, 2.24) is 0 Å². The van der Waals surface area contributed by atoms with Crippen molar-refractivity contribution in [2.75, 3.05) is 0 Å². The van der Waals surface area contributed by atoms with Crippen molar-refractivity contribution in [3.05, 3.63) is 68.7 Å². The van der Waals surface area contributed by atoms with E-state index in [1.807, 2.05) is 30.3 Å². The van der Waals surface area contributed by atoms with Gasteiger partial charge in [-0.05, 0) is 23.8 Å². The van der Waals surface area contributed by atoms with Gasteiger partial charge in [0.15, 0.2) is 11.9 Å². The summed E-state index contributed by atoms with van der Waals surface area (Å²) in [5.41, 5.74) is 9.35. The number of Topliss-reactive ketones (excluding diaryl/α,β-unsaturated/α-hetero) is 1. The summed E-state index contributed by atoms with van der Waals surface area (Å²) in [4.78, 5) is 16.5. The van der Waals surface area contributed by atoms with Crippen molar-refractivity contribution in [2.24, 2.45) is 10.7 Å². The van der Waals surface area contributed by atoms with Crippen molar-refractivity contribution in [1.29, 1.82) is 0 Å². The van der Waals surface area contributed by atoms with E-state index in [0.717, 1.165) is 26.9 Å². The van der Waals surface area contributed by atoms with Crippen molar-refractivity contribution >= 4 is 39.0 Å². The normalized spacial score (nSPS) is 18.0. The molecule has 0 saturated heterocycles. The lowest BCUT2D eigenvalue weighted by Gasteiger charge is -2.11. The molecule has 1 heterocycles. The smallest absolute Gasteiger partial charge is 0.176 e. The summed E-state index contributed by atoms with van der Waals surface area (Å²) in [5.74, 6) is -0.0906. The molecule has 1 aliphatic heterocycles. The van der Waals surface area contributed by atoms with Gasteiger partial charge >= 0.3 is 0 Å². The van der Waals surface area contributed by atoms with E-state index < -0.39 is 6.17 Å². The van der Waals surface area contributed by atoms with Gasteiger partial charge in [0.2, 0.25) is 0 Å². The summed E-state index contributed by atoms with van der Waals surface area (Å²) >= 11 is 9.44. The maximum atomic E-state index is 12.1. The highest BCUT2D eigenvalue weighted by Gasteiger charge is 2.24. The molecule has 0 fully saturated rings. The molecule has 2 N–H and O–H groups in total. The number of halogens is 2. The Morgan fingerprint density at radius 2 is 1.90 bits per heavy atom. The Kier molecular flexibility index (Phi) is 3.93. The SMILES string of the molecule is NC1N=C(c2ccc(Cl)cc2)c2cccc(Br)c2CC1=O. The van der Waals surface area contributed by atoms with Gasteiger partial charge in [0.1, 0.15) is 0 Å². The maximum absolute atomic E-state index is 12.1. The molecule has 0 spiro atoms. The van der Waals surface area contributed by atoms with Crippen LogP contribution in [0.4, 0.5) is 0 Å². The molecule has 0 aromatic heterocycles. The maximum Gasteiger partial charge on any atom is 0.176 e. The van der Waals surface area contributed by atoms with Crippen molar-refractivity contribution in [3.8, 4) is 0 Å². The van der Waals surface area contributed by atoms with Gasteiger partial charge < -0.3 is 5.73 Å². The molecule has 21 heavy (non-hydrogen) atoms. The van der Waals surface area contributed by atoms with E-state index in [9.17, 15) is 4.79 Å². The number of ketones is 1. The third-order valence-electron chi connectivity index (χ3n) is 3.44. The Bertz CT molecular complexity index is 740. The number of benzene rings is 2. The fraction of sp³-hybridized carbons (Fsp3) is 0.125. The van der Waals surface area contributed by atoms with Crippen LogP contribution in [0.25, 0.3) is 0 Å². The molecule has 1 atom stereocenters. The van der Waals surface area contributed by atoms with E-state index in [-0.39, 0.29) is 12.2 Å². The van der Waals surface area contributed by atoms with Gasteiger partial charge in [-0.3, -0.25) is 9.79 Å². The molecular weight excluding hydrogens is 352 g/mol. The number of rotatable bonds is 1. The predicted octanol–water partition coefficient (Wildman–Crippen LogP) is 3.35. The zero-order valence-electron chi connectivity index (χ0n) is 11.0. The van der Waals surface area contributed by atoms with Crippen LogP contribution in [0.3, 0.4) is 0 Å². The van der Waals surface area contributed by atoms with Crippen LogP contribution in [0.5, 0.6) is 0 Å². The highest BCUT2D eigenvalue weighted by molar-refractivity contribution is 9.10. The number of aliphatic imine (C=N–C) groups is 1. The first-order chi connectivity index (χ1) is 10.1. The number of nitrogens with zero attached hydrogens (tertiary/aromatic N) is 1. The number of fused-ring (bicyclic) bond motifs is 1. The molecule has 0 bridgehead atoms. The van der Waals surface area contributed by atoms with Crippen LogP contribution in [0, 0.1) is 0 Å². The predicted molar refractivity (Wildman–Crippen MR) is 87.9 cm³/mol. The average molecular weight is 364 g/mol. The van der Waals surface area contributed by atoms with Crippen molar-refractivity contribution in [2.45, 2.75) is 12.6 Å². The van der Waals surface area contributed by atoms with Crippen LogP contribution < -0.4 is 5.73 Å². The zero-order chi connectivity index (χ0) is 15.0. The van der Waals surface area contributed by atoms with E-state index in [4.69, 9.17) is 17.3 Å². The summed E-state index contributed by atoms with van der Waals surface area (Å²) in [6.45, 7) is 0.